The van der Waals surface area contributed by atoms with Crippen molar-refractivity contribution < 1.29 is 23.9 Å². The Balaban J connectivity index is 3.09. The number of carbonyl (C=O) groups excluding carboxylic acids is 2. The van der Waals surface area contributed by atoms with E-state index in [0.29, 0.717) is 13.0 Å². The van der Waals surface area contributed by atoms with Crippen LogP contribution in [0.15, 0.2) is 0 Å². The Labute approximate surface area is 153 Å². The van der Waals surface area contributed by atoms with Gasteiger partial charge in [0.1, 0.15) is 11.6 Å². The van der Waals surface area contributed by atoms with E-state index in [-0.39, 0.29) is 11.0 Å². The summed E-state index contributed by atoms with van der Waals surface area (Å²) in [7, 11) is -1.07. The molecule has 1 aliphatic rings. The van der Waals surface area contributed by atoms with Gasteiger partial charge in [-0.15, -0.1) is 0 Å². The molecular formula is C18H35NO5Si. The monoisotopic (exact) mass is 373 g/mol. The van der Waals surface area contributed by atoms with E-state index in [4.69, 9.17) is 9.47 Å². The van der Waals surface area contributed by atoms with Gasteiger partial charge in [0.2, 0.25) is 0 Å². The minimum absolute atomic E-state index is 0.0531. The molecule has 1 rings (SSSR count). The zero-order chi connectivity index (χ0) is 19.6. The molecule has 25 heavy (non-hydrogen) atoms. The Hall–Kier alpha value is -1.08. The van der Waals surface area contributed by atoms with Gasteiger partial charge in [0.15, 0.2) is 8.32 Å². The molecule has 0 bridgehead atoms. The van der Waals surface area contributed by atoms with Crippen LogP contribution in [-0.4, -0.2) is 55.4 Å². The molecule has 1 fully saturated rings. The van der Waals surface area contributed by atoms with Crippen molar-refractivity contribution >= 4 is 20.4 Å². The maximum absolute atomic E-state index is 12.6. The lowest BCUT2D eigenvalue weighted by Crippen LogP contribution is -2.55. The van der Waals surface area contributed by atoms with Gasteiger partial charge in [0.05, 0.1) is 7.11 Å². The summed E-state index contributed by atoms with van der Waals surface area (Å²) in [6.07, 6.45) is 1.82. The first-order valence-electron chi connectivity index (χ1n) is 8.99. The number of amides is 1. The molecule has 0 aliphatic carbocycles. The summed E-state index contributed by atoms with van der Waals surface area (Å²) in [6, 6.07) is -0.663. The topological polar surface area (TPSA) is 76.1 Å². The predicted molar refractivity (Wildman–Crippen MR) is 99.8 cm³/mol. The Morgan fingerprint density at radius 3 is 2.20 bits per heavy atom. The lowest BCUT2D eigenvalue weighted by Gasteiger charge is -2.44. The van der Waals surface area contributed by atoms with Gasteiger partial charge in [-0.2, -0.15) is 0 Å². The predicted octanol–water partition coefficient (Wildman–Crippen LogP) is 3.54. The largest absolute Gasteiger partial charge is 0.467 e. The highest BCUT2D eigenvalue weighted by molar-refractivity contribution is 6.72. The minimum Gasteiger partial charge on any atom is -0.467 e. The van der Waals surface area contributed by atoms with Crippen molar-refractivity contribution in [3.63, 3.8) is 0 Å². The van der Waals surface area contributed by atoms with Crippen LogP contribution < -0.4 is 0 Å². The third-order valence-electron chi connectivity index (χ3n) is 5.26. The molecule has 1 N–H and O–H groups in total. The Morgan fingerprint density at radius 2 is 1.76 bits per heavy atom. The van der Waals surface area contributed by atoms with Crippen molar-refractivity contribution in [3.05, 3.63) is 0 Å². The molecule has 1 heterocycles. The summed E-state index contributed by atoms with van der Waals surface area (Å²) < 4.78 is 10.5. The fraction of sp³-hybridized carbons (Fsp3) is 0.889. The van der Waals surface area contributed by atoms with Crippen molar-refractivity contribution in [2.45, 2.75) is 83.7 Å². The van der Waals surface area contributed by atoms with Crippen molar-refractivity contribution in [2.75, 3.05) is 13.7 Å². The fourth-order valence-electron chi connectivity index (χ4n) is 3.16. The average Bonchev–Trinajstić information content (AvgIpc) is 2.42. The molecule has 2 unspecified atom stereocenters. The highest BCUT2D eigenvalue weighted by Crippen LogP contribution is 2.45. The number of rotatable bonds is 4. The fourth-order valence-corrected chi connectivity index (χ4v) is 3.92. The first kappa shape index (κ1) is 22.0. The molecule has 0 spiro atoms. The zero-order valence-electron chi connectivity index (χ0n) is 17.0. The summed E-state index contributed by atoms with van der Waals surface area (Å²) in [5, 5.41) is -0.277. The van der Waals surface area contributed by atoms with Crippen LogP contribution in [-0.2, 0) is 14.3 Å². The SMILES string of the molecule is COC(=O)C1C(CC(C)(C)[Si](C)(C)O)CCCN1C(=O)OC(C)(C)C. The molecule has 0 aromatic heterocycles. The second-order valence-electron chi connectivity index (χ2n) is 9.19. The average molecular weight is 374 g/mol. The van der Waals surface area contributed by atoms with Gasteiger partial charge in [-0.05, 0) is 64.1 Å². The summed E-state index contributed by atoms with van der Waals surface area (Å²) in [4.78, 5) is 37.2. The number of nitrogens with zero attached hydrogens (tertiary/aromatic N) is 1. The van der Waals surface area contributed by atoms with E-state index in [1.165, 1.54) is 12.0 Å². The van der Waals surface area contributed by atoms with Crippen LogP contribution in [0.3, 0.4) is 0 Å². The standard InChI is InChI=1S/C18H35NO5Si/c1-17(2,3)24-16(21)19-11-9-10-13(14(19)15(20)23-6)12-18(4,5)25(7,8)22/h13-14,22H,9-12H2,1-8H3. The molecule has 0 radical (unpaired) electrons. The molecule has 0 aromatic rings. The molecule has 1 aliphatic heterocycles. The van der Waals surface area contributed by atoms with E-state index in [2.05, 4.69) is 0 Å². The van der Waals surface area contributed by atoms with Crippen LogP contribution in [0.1, 0.15) is 53.9 Å². The van der Waals surface area contributed by atoms with Gasteiger partial charge < -0.3 is 14.3 Å². The summed E-state index contributed by atoms with van der Waals surface area (Å²) >= 11 is 0. The number of hydrogen-bond donors (Lipinski definition) is 1. The normalized spacial score (nSPS) is 22.5. The minimum atomic E-state index is -2.42. The number of likely N-dealkylation sites (tertiary alicyclic amines) is 1. The van der Waals surface area contributed by atoms with Gasteiger partial charge in [-0.3, -0.25) is 4.90 Å². The van der Waals surface area contributed by atoms with E-state index in [1.54, 1.807) is 0 Å². The second kappa shape index (κ2) is 7.66. The van der Waals surface area contributed by atoms with Crippen molar-refractivity contribution in [1.29, 1.82) is 0 Å². The number of carbonyl (C=O) groups is 2. The molecule has 146 valence electrons. The molecule has 1 amide bonds. The summed E-state index contributed by atoms with van der Waals surface area (Å²) in [5.74, 6) is -0.466. The van der Waals surface area contributed by atoms with E-state index >= 15 is 0 Å². The van der Waals surface area contributed by atoms with Crippen molar-refractivity contribution in [3.8, 4) is 0 Å². The van der Waals surface area contributed by atoms with Crippen LogP contribution >= 0.6 is 0 Å². The first-order valence-corrected chi connectivity index (χ1v) is 11.9. The molecule has 6 nitrogen and oxygen atoms in total. The quantitative estimate of drug-likeness (QED) is 0.602. The number of methoxy groups -OCH3 is 1. The van der Waals surface area contributed by atoms with Gasteiger partial charge in [-0.25, -0.2) is 9.59 Å². The molecule has 1 saturated heterocycles. The van der Waals surface area contributed by atoms with E-state index in [0.717, 1.165) is 12.8 Å². The molecule has 2 atom stereocenters. The Morgan fingerprint density at radius 1 is 1.20 bits per heavy atom. The summed E-state index contributed by atoms with van der Waals surface area (Å²) in [5.41, 5.74) is -0.621. The molecular weight excluding hydrogens is 338 g/mol. The van der Waals surface area contributed by atoms with Crippen LogP contribution in [0.5, 0.6) is 0 Å². The Bertz CT molecular complexity index is 493. The second-order valence-corrected chi connectivity index (χ2v) is 13.7. The van der Waals surface area contributed by atoms with E-state index in [1.807, 2.05) is 47.7 Å². The maximum atomic E-state index is 12.6. The van der Waals surface area contributed by atoms with Crippen LogP contribution in [0.2, 0.25) is 18.1 Å². The first-order chi connectivity index (χ1) is 11.2. The molecule has 0 aromatic carbocycles. The van der Waals surface area contributed by atoms with Crippen LogP contribution in [0.25, 0.3) is 0 Å². The zero-order valence-corrected chi connectivity index (χ0v) is 18.0. The number of ether oxygens (including phenoxy) is 2. The third kappa shape index (κ3) is 5.71. The van der Waals surface area contributed by atoms with E-state index < -0.39 is 32.0 Å². The van der Waals surface area contributed by atoms with Crippen molar-refractivity contribution in [1.82, 2.24) is 4.90 Å². The van der Waals surface area contributed by atoms with Crippen LogP contribution in [0, 0.1) is 5.92 Å². The number of hydrogen-bond acceptors (Lipinski definition) is 5. The molecule has 7 heteroatoms. The maximum Gasteiger partial charge on any atom is 0.411 e. The van der Waals surface area contributed by atoms with Gasteiger partial charge in [0.25, 0.3) is 0 Å². The van der Waals surface area contributed by atoms with E-state index in [9.17, 15) is 14.4 Å². The summed E-state index contributed by atoms with van der Waals surface area (Å²) in [6.45, 7) is 13.8. The molecule has 0 saturated carbocycles. The number of esters is 1. The smallest absolute Gasteiger partial charge is 0.411 e. The Kier molecular flexibility index (Phi) is 6.73. The van der Waals surface area contributed by atoms with Crippen molar-refractivity contribution in [2.24, 2.45) is 5.92 Å². The van der Waals surface area contributed by atoms with Gasteiger partial charge >= 0.3 is 12.1 Å². The van der Waals surface area contributed by atoms with Gasteiger partial charge in [-0.1, -0.05) is 13.8 Å². The van der Waals surface area contributed by atoms with Crippen LogP contribution in [0.4, 0.5) is 4.79 Å². The lowest BCUT2D eigenvalue weighted by atomic mass is 9.82. The number of piperidine rings is 1. The third-order valence-corrected chi connectivity index (χ3v) is 8.77. The highest BCUT2D eigenvalue weighted by Gasteiger charge is 2.47. The lowest BCUT2D eigenvalue weighted by molar-refractivity contribution is -0.150. The highest BCUT2D eigenvalue weighted by atomic mass is 28.4. The van der Waals surface area contributed by atoms with Gasteiger partial charge in [0, 0.05) is 6.54 Å².